The van der Waals surface area contributed by atoms with Crippen molar-refractivity contribution in [2.24, 2.45) is 0 Å². The van der Waals surface area contributed by atoms with Gasteiger partial charge in [0, 0.05) is 22.2 Å². The summed E-state index contributed by atoms with van der Waals surface area (Å²) < 4.78 is 0. The maximum atomic E-state index is 10.6. The molecule has 2 aromatic rings. The van der Waals surface area contributed by atoms with Crippen molar-refractivity contribution in [2.45, 2.75) is 25.3 Å². The highest BCUT2D eigenvalue weighted by atomic mass is 35.5. The highest BCUT2D eigenvalue weighted by Crippen LogP contribution is 2.32. The molecule has 0 heterocycles. The highest BCUT2D eigenvalue weighted by Gasteiger charge is 2.21. The first-order valence-corrected chi connectivity index (χ1v) is 8.99. The van der Waals surface area contributed by atoms with Gasteiger partial charge in [0.1, 0.15) is 0 Å². The number of carboxylic acids is 1. The van der Waals surface area contributed by atoms with Gasteiger partial charge >= 0.3 is 5.97 Å². The SMILES string of the molecule is O=C(O)/C=C/c1ccc2c(c1)CCC2NCCc1cc(Cl)cc(Cl)c1. The zero-order valence-corrected chi connectivity index (χ0v) is 15.1. The summed E-state index contributed by atoms with van der Waals surface area (Å²) in [5.41, 5.74) is 4.64. The monoisotopic (exact) mass is 375 g/mol. The lowest BCUT2D eigenvalue weighted by atomic mass is 10.0. The van der Waals surface area contributed by atoms with Gasteiger partial charge in [0.05, 0.1) is 0 Å². The van der Waals surface area contributed by atoms with Crippen molar-refractivity contribution >= 4 is 35.2 Å². The van der Waals surface area contributed by atoms with E-state index in [1.54, 1.807) is 12.1 Å². The number of carbonyl (C=O) groups is 1. The number of hydrogen-bond donors (Lipinski definition) is 2. The summed E-state index contributed by atoms with van der Waals surface area (Å²) in [6.45, 7) is 0.849. The fourth-order valence-corrected chi connectivity index (χ4v) is 3.84. The van der Waals surface area contributed by atoms with Gasteiger partial charge in [-0.1, -0.05) is 41.4 Å². The minimum absolute atomic E-state index is 0.335. The molecule has 1 unspecified atom stereocenters. The number of fused-ring (bicyclic) bond motifs is 1. The van der Waals surface area contributed by atoms with E-state index in [2.05, 4.69) is 17.4 Å². The molecular formula is C20H19Cl2NO2. The number of halogens is 2. The van der Waals surface area contributed by atoms with Gasteiger partial charge in [0.25, 0.3) is 0 Å². The van der Waals surface area contributed by atoms with E-state index in [1.807, 2.05) is 18.2 Å². The molecule has 2 N–H and O–H groups in total. The van der Waals surface area contributed by atoms with Crippen LogP contribution in [-0.4, -0.2) is 17.6 Å². The largest absolute Gasteiger partial charge is 0.478 e. The first-order chi connectivity index (χ1) is 12.0. The molecule has 0 amide bonds. The predicted octanol–water partition coefficient (Wildman–Crippen LogP) is 4.91. The molecular weight excluding hydrogens is 357 g/mol. The summed E-state index contributed by atoms with van der Waals surface area (Å²) in [5, 5.41) is 13.6. The molecule has 5 heteroatoms. The Morgan fingerprint density at radius 1 is 1.20 bits per heavy atom. The molecule has 0 aromatic heterocycles. The first-order valence-electron chi connectivity index (χ1n) is 8.23. The van der Waals surface area contributed by atoms with Gasteiger partial charge in [-0.05, 0) is 72.3 Å². The van der Waals surface area contributed by atoms with Gasteiger partial charge in [-0.2, -0.15) is 0 Å². The van der Waals surface area contributed by atoms with E-state index in [-0.39, 0.29) is 0 Å². The number of aryl methyl sites for hydroxylation is 1. The summed E-state index contributed by atoms with van der Waals surface area (Å²) in [6, 6.07) is 12.1. The Hall–Kier alpha value is -1.81. The van der Waals surface area contributed by atoms with Crippen LogP contribution in [0.3, 0.4) is 0 Å². The first kappa shape index (κ1) is 18.0. The van der Waals surface area contributed by atoms with Crippen molar-refractivity contribution in [3.8, 4) is 0 Å². The van der Waals surface area contributed by atoms with Gasteiger partial charge in [0.2, 0.25) is 0 Å². The van der Waals surface area contributed by atoms with Crippen molar-refractivity contribution < 1.29 is 9.90 Å². The van der Waals surface area contributed by atoms with Crippen LogP contribution in [0.2, 0.25) is 10.0 Å². The lowest BCUT2D eigenvalue weighted by Gasteiger charge is -2.14. The Balaban J connectivity index is 1.60. The Morgan fingerprint density at radius 2 is 1.96 bits per heavy atom. The van der Waals surface area contributed by atoms with Crippen molar-refractivity contribution in [3.63, 3.8) is 0 Å². The van der Waals surface area contributed by atoms with E-state index in [0.717, 1.165) is 36.9 Å². The fourth-order valence-electron chi connectivity index (χ4n) is 3.27. The van der Waals surface area contributed by atoms with E-state index in [4.69, 9.17) is 28.3 Å². The second-order valence-electron chi connectivity index (χ2n) is 6.20. The zero-order valence-electron chi connectivity index (χ0n) is 13.6. The highest BCUT2D eigenvalue weighted by molar-refractivity contribution is 6.34. The average Bonchev–Trinajstić information content (AvgIpc) is 2.94. The molecule has 2 aromatic carbocycles. The van der Waals surface area contributed by atoms with Crippen LogP contribution in [0.15, 0.2) is 42.5 Å². The molecule has 0 fully saturated rings. The van der Waals surface area contributed by atoms with Gasteiger partial charge in [-0.25, -0.2) is 4.79 Å². The topological polar surface area (TPSA) is 49.3 Å². The Morgan fingerprint density at radius 3 is 2.68 bits per heavy atom. The smallest absolute Gasteiger partial charge is 0.328 e. The number of nitrogens with one attached hydrogen (secondary N) is 1. The summed E-state index contributed by atoms with van der Waals surface area (Å²) in [7, 11) is 0. The van der Waals surface area contributed by atoms with Gasteiger partial charge in [-0.15, -0.1) is 0 Å². The standard InChI is InChI=1S/C20H19Cl2NO2/c21-16-10-14(11-17(22)12-16)7-8-23-19-5-3-15-9-13(1-4-18(15)19)2-6-20(24)25/h1-2,4,6,9-12,19,23H,3,5,7-8H2,(H,24,25)/b6-2+. The summed E-state index contributed by atoms with van der Waals surface area (Å²) in [5.74, 6) is -0.929. The maximum Gasteiger partial charge on any atom is 0.328 e. The average molecular weight is 376 g/mol. The molecule has 0 aliphatic heterocycles. The van der Waals surface area contributed by atoms with Crippen molar-refractivity contribution in [1.29, 1.82) is 0 Å². The molecule has 3 rings (SSSR count). The second-order valence-corrected chi connectivity index (χ2v) is 7.08. The third-order valence-corrected chi connectivity index (χ3v) is 4.83. The summed E-state index contributed by atoms with van der Waals surface area (Å²) in [6.07, 6.45) is 5.73. The summed E-state index contributed by atoms with van der Waals surface area (Å²) >= 11 is 12.1. The molecule has 25 heavy (non-hydrogen) atoms. The van der Waals surface area contributed by atoms with Crippen LogP contribution in [0.25, 0.3) is 6.08 Å². The van der Waals surface area contributed by atoms with Crippen LogP contribution in [-0.2, 0) is 17.6 Å². The third kappa shape index (κ3) is 4.85. The molecule has 3 nitrogen and oxygen atoms in total. The maximum absolute atomic E-state index is 10.6. The molecule has 0 saturated carbocycles. The lowest BCUT2D eigenvalue weighted by Crippen LogP contribution is -2.21. The van der Waals surface area contributed by atoms with Gasteiger partial charge in [-0.3, -0.25) is 0 Å². The number of benzene rings is 2. The minimum atomic E-state index is -0.929. The molecule has 130 valence electrons. The molecule has 0 radical (unpaired) electrons. The second kappa shape index (κ2) is 8.05. The number of rotatable bonds is 6. The van der Waals surface area contributed by atoms with E-state index in [1.165, 1.54) is 17.2 Å². The normalized spacial score (nSPS) is 16.3. The van der Waals surface area contributed by atoms with E-state index >= 15 is 0 Å². The zero-order chi connectivity index (χ0) is 17.8. The molecule has 0 saturated heterocycles. The molecule has 1 aliphatic rings. The minimum Gasteiger partial charge on any atom is -0.478 e. The molecule has 1 atom stereocenters. The van der Waals surface area contributed by atoms with Crippen molar-refractivity contribution in [2.75, 3.05) is 6.54 Å². The quantitative estimate of drug-likeness (QED) is 0.705. The fraction of sp³-hybridized carbons (Fsp3) is 0.250. The van der Waals surface area contributed by atoms with Crippen LogP contribution in [0.4, 0.5) is 0 Å². The van der Waals surface area contributed by atoms with Gasteiger partial charge in [0.15, 0.2) is 0 Å². The van der Waals surface area contributed by atoms with E-state index in [9.17, 15) is 4.79 Å². The van der Waals surface area contributed by atoms with Crippen LogP contribution >= 0.6 is 23.2 Å². The van der Waals surface area contributed by atoms with E-state index < -0.39 is 5.97 Å². The molecule has 0 spiro atoms. The molecule has 0 bridgehead atoms. The number of carboxylic acid groups (broad SMARTS) is 1. The third-order valence-electron chi connectivity index (χ3n) is 4.39. The predicted molar refractivity (Wildman–Crippen MR) is 102 cm³/mol. The Bertz CT molecular complexity index is 797. The van der Waals surface area contributed by atoms with Gasteiger partial charge < -0.3 is 10.4 Å². The lowest BCUT2D eigenvalue weighted by molar-refractivity contribution is -0.131. The molecule has 1 aliphatic carbocycles. The van der Waals surface area contributed by atoms with Crippen LogP contribution in [0.5, 0.6) is 0 Å². The van der Waals surface area contributed by atoms with Crippen molar-refractivity contribution in [3.05, 3.63) is 74.8 Å². The Kier molecular flexibility index (Phi) is 5.79. The van der Waals surface area contributed by atoms with Crippen LogP contribution in [0.1, 0.15) is 34.7 Å². The number of hydrogen-bond acceptors (Lipinski definition) is 2. The Labute approximate surface area is 157 Å². The number of aliphatic carboxylic acids is 1. The van der Waals surface area contributed by atoms with Crippen molar-refractivity contribution in [1.82, 2.24) is 5.32 Å². The van der Waals surface area contributed by atoms with Crippen LogP contribution < -0.4 is 5.32 Å². The summed E-state index contributed by atoms with van der Waals surface area (Å²) in [4.78, 5) is 10.6. The van der Waals surface area contributed by atoms with E-state index in [0.29, 0.717) is 16.1 Å². The van der Waals surface area contributed by atoms with Crippen LogP contribution in [0, 0.1) is 0 Å².